The van der Waals surface area contributed by atoms with Crippen LogP contribution in [0.25, 0.3) is 0 Å². The zero-order chi connectivity index (χ0) is 18.8. The summed E-state index contributed by atoms with van der Waals surface area (Å²) in [6.45, 7) is 0.899. The molecule has 5 heteroatoms. The van der Waals surface area contributed by atoms with Crippen molar-refractivity contribution in [2.75, 3.05) is 16.8 Å². The number of carboxylic acid groups (broad SMARTS) is 1. The lowest BCUT2D eigenvalue weighted by atomic mass is 9.81. The third kappa shape index (κ3) is 3.54. The number of hydrogen-bond acceptors (Lipinski definition) is 3. The van der Waals surface area contributed by atoms with E-state index in [1.54, 1.807) is 0 Å². The van der Waals surface area contributed by atoms with Gasteiger partial charge in [-0.3, -0.25) is 9.59 Å². The summed E-state index contributed by atoms with van der Waals surface area (Å²) in [7, 11) is 0. The minimum absolute atomic E-state index is 0.00114. The summed E-state index contributed by atoms with van der Waals surface area (Å²) in [4.78, 5) is 26.1. The van der Waals surface area contributed by atoms with Gasteiger partial charge in [-0.1, -0.05) is 30.3 Å². The van der Waals surface area contributed by atoms with E-state index >= 15 is 0 Å². The first-order valence-electron chi connectivity index (χ1n) is 9.61. The fourth-order valence-corrected chi connectivity index (χ4v) is 4.24. The van der Waals surface area contributed by atoms with Crippen LogP contribution in [0.4, 0.5) is 17.1 Å². The number of hydrogen-bond donors (Lipinski definition) is 2. The highest BCUT2D eigenvalue weighted by atomic mass is 16.4. The average molecular weight is 364 g/mol. The van der Waals surface area contributed by atoms with Crippen molar-refractivity contribution in [2.24, 2.45) is 11.8 Å². The number of carbonyl (C=O) groups is 2. The molecule has 5 nitrogen and oxygen atoms in total. The maximum Gasteiger partial charge on any atom is 0.306 e. The number of rotatable bonds is 4. The van der Waals surface area contributed by atoms with Gasteiger partial charge in [0.1, 0.15) is 0 Å². The number of carboxylic acids is 1. The molecule has 1 heterocycles. The molecule has 0 radical (unpaired) electrons. The van der Waals surface area contributed by atoms with Crippen molar-refractivity contribution >= 4 is 28.9 Å². The monoisotopic (exact) mass is 364 g/mol. The number of nitrogens with zero attached hydrogens (tertiary/aromatic N) is 1. The zero-order valence-corrected chi connectivity index (χ0v) is 15.2. The SMILES string of the molecule is O=C(O)C1CCC(C(=O)Nc2ccccc2N2CCc3ccccc32)CC1. The van der Waals surface area contributed by atoms with Crippen molar-refractivity contribution in [3.05, 3.63) is 54.1 Å². The molecule has 2 aliphatic rings. The van der Waals surface area contributed by atoms with Gasteiger partial charge in [-0.05, 0) is 55.9 Å². The Labute approximate surface area is 159 Å². The zero-order valence-electron chi connectivity index (χ0n) is 15.2. The van der Waals surface area contributed by atoms with Crippen molar-refractivity contribution in [2.45, 2.75) is 32.1 Å². The molecule has 0 unspecified atom stereocenters. The van der Waals surface area contributed by atoms with Gasteiger partial charge in [0.25, 0.3) is 0 Å². The topological polar surface area (TPSA) is 69.6 Å². The summed E-state index contributed by atoms with van der Waals surface area (Å²) in [6.07, 6.45) is 3.43. The quantitative estimate of drug-likeness (QED) is 0.853. The summed E-state index contributed by atoms with van der Waals surface area (Å²) in [5.74, 6) is -1.16. The highest BCUT2D eigenvalue weighted by molar-refractivity contribution is 5.97. The van der Waals surface area contributed by atoms with E-state index in [2.05, 4.69) is 28.4 Å². The Bertz CT molecular complexity index is 856. The van der Waals surface area contributed by atoms with Crippen molar-refractivity contribution in [1.29, 1.82) is 0 Å². The first-order chi connectivity index (χ1) is 13.1. The van der Waals surface area contributed by atoms with Crippen molar-refractivity contribution < 1.29 is 14.7 Å². The number of para-hydroxylation sites is 3. The second kappa shape index (κ2) is 7.43. The molecule has 0 saturated heterocycles. The summed E-state index contributed by atoms with van der Waals surface area (Å²) < 4.78 is 0. The standard InChI is InChI=1S/C22H24N2O3/c25-21(16-9-11-17(12-10-16)22(26)27)23-18-6-2-4-8-20(18)24-14-13-15-5-1-3-7-19(15)24/h1-8,16-17H,9-14H2,(H,23,25)(H,26,27). The van der Waals surface area contributed by atoms with Crippen molar-refractivity contribution in [1.82, 2.24) is 0 Å². The number of benzene rings is 2. The van der Waals surface area contributed by atoms with E-state index in [4.69, 9.17) is 5.11 Å². The lowest BCUT2D eigenvalue weighted by Gasteiger charge is -2.27. The fourth-order valence-electron chi connectivity index (χ4n) is 4.24. The third-order valence-electron chi connectivity index (χ3n) is 5.79. The smallest absolute Gasteiger partial charge is 0.306 e. The molecule has 2 aromatic carbocycles. The lowest BCUT2D eigenvalue weighted by Crippen LogP contribution is -2.30. The second-order valence-electron chi connectivity index (χ2n) is 7.42. The Morgan fingerprint density at radius 3 is 2.26 bits per heavy atom. The van der Waals surface area contributed by atoms with Gasteiger partial charge in [-0.25, -0.2) is 0 Å². The van der Waals surface area contributed by atoms with Crippen LogP contribution >= 0.6 is 0 Å². The fraction of sp³-hybridized carbons (Fsp3) is 0.364. The molecule has 2 N–H and O–H groups in total. The number of amides is 1. The molecule has 1 aliphatic carbocycles. The minimum atomic E-state index is -0.744. The van der Waals surface area contributed by atoms with E-state index in [0.29, 0.717) is 25.7 Å². The summed E-state index contributed by atoms with van der Waals surface area (Å²) in [6, 6.07) is 16.3. The molecule has 2 aromatic rings. The van der Waals surface area contributed by atoms with E-state index in [1.807, 2.05) is 30.3 Å². The molecular formula is C22H24N2O3. The van der Waals surface area contributed by atoms with Crippen LogP contribution in [0.2, 0.25) is 0 Å². The number of nitrogens with one attached hydrogen (secondary N) is 1. The first kappa shape index (κ1) is 17.6. The van der Waals surface area contributed by atoms with Crippen molar-refractivity contribution in [3.63, 3.8) is 0 Å². The molecule has 140 valence electrons. The molecule has 1 saturated carbocycles. The summed E-state index contributed by atoms with van der Waals surface area (Å²) >= 11 is 0. The van der Waals surface area contributed by atoms with Gasteiger partial charge in [0.2, 0.25) is 5.91 Å². The van der Waals surface area contributed by atoms with Crippen LogP contribution in [0.1, 0.15) is 31.2 Å². The minimum Gasteiger partial charge on any atom is -0.481 e. The van der Waals surface area contributed by atoms with Crippen LogP contribution in [0.15, 0.2) is 48.5 Å². The molecule has 1 fully saturated rings. The van der Waals surface area contributed by atoms with Crippen LogP contribution in [-0.4, -0.2) is 23.5 Å². The van der Waals surface area contributed by atoms with E-state index < -0.39 is 5.97 Å². The maximum absolute atomic E-state index is 12.8. The third-order valence-corrected chi connectivity index (χ3v) is 5.79. The van der Waals surface area contributed by atoms with Gasteiger partial charge < -0.3 is 15.3 Å². The lowest BCUT2D eigenvalue weighted by molar-refractivity contribution is -0.143. The van der Waals surface area contributed by atoms with E-state index in [0.717, 1.165) is 24.3 Å². The average Bonchev–Trinajstić information content (AvgIpc) is 3.12. The molecule has 0 bridgehead atoms. The molecule has 0 aromatic heterocycles. The molecular weight excluding hydrogens is 340 g/mol. The van der Waals surface area contributed by atoms with Gasteiger partial charge in [-0.2, -0.15) is 0 Å². The van der Waals surface area contributed by atoms with Crippen LogP contribution in [0.5, 0.6) is 0 Å². The number of anilines is 3. The van der Waals surface area contributed by atoms with Crippen molar-refractivity contribution in [3.8, 4) is 0 Å². The maximum atomic E-state index is 12.8. The summed E-state index contributed by atoms with van der Waals surface area (Å²) in [5.41, 5.74) is 4.35. The van der Waals surface area contributed by atoms with Gasteiger partial charge >= 0.3 is 5.97 Å². The van der Waals surface area contributed by atoms with Crippen LogP contribution in [0, 0.1) is 11.8 Å². The Morgan fingerprint density at radius 2 is 1.52 bits per heavy atom. The molecule has 4 rings (SSSR count). The Balaban J connectivity index is 1.50. The van der Waals surface area contributed by atoms with E-state index in [9.17, 15) is 9.59 Å². The normalized spacial score (nSPS) is 21.6. The van der Waals surface area contributed by atoms with E-state index in [1.165, 1.54) is 11.3 Å². The van der Waals surface area contributed by atoms with Gasteiger partial charge in [0.05, 0.1) is 17.3 Å². The molecule has 1 amide bonds. The molecule has 0 atom stereocenters. The Hall–Kier alpha value is -2.82. The molecule has 0 spiro atoms. The predicted molar refractivity (Wildman–Crippen MR) is 105 cm³/mol. The van der Waals surface area contributed by atoms with Gasteiger partial charge in [0, 0.05) is 18.2 Å². The van der Waals surface area contributed by atoms with E-state index in [-0.39, 0.29) is 17.7 Å². The number of carbonyl (C=O) groups excluding carboxylic acids is 1. The second-order valence-corrected chi connectivity index (χ2v) is 7.42. The number of aliphatic carboxylic acids is 1. The Kier molecular flexibility index (Phi) is 4.84. The molecule has 27 heavy (non-hydrogen) atoms. The largest absolute Gasteiger partial charge is 0.481 e. The van der Waals surface area contributed by atoms with Gasteiger partial charge in [-0.15, -0.1) is 0 Å². The predicted octanol–water partition coefficient (Wildman–Crippen LogP) is 4.21. The highest BCUT2D eigenvalue weighted by Gasteiger charge is 2.30. The highest BCUT2D eigenvalue weighted by Crippen LogP contribution is 2.38. The number of fused-ring (bicyclic) bond motifs is 1. The van der Waals surface area contributed by atoms with Gasteiger partial charge in [0.15, 0.2) is 0 Å². The summed E-state index contributed by atoms with van der Waals surface area (Å²) in [5, 5.41) is 12.2. The van der Waals surface area contributed by atoms with Crippen LogP contribution < -0.4 is 10.2 Å². The van der Waals surface area contributed by atoms with Crippen LogP contribution in [-0.2, 0) is 16.0 Å². The Morgan fingerprint density at radius 1 is 0.889 bits per heavy atom. The van der Waals surface area contributed by atoms with Crippen LogP contribution in [0.3, 0.4) is 0 Å². The molecule has 1 aliphatic heterocycles. The first-order valence-corrected chi connectivity index (χ1v) is 9.61.